The first-order valence-electron chi connectivity index (χ1n) is 6.54. The van der Waals surface area contributed by atoms with Crippen molar-refractivity contribution in [2.45, 2.75) is 31.5 Å². The van der Waals surface area contributed by atoms with Gasteiger partial charge in [-0.2, -0.15) is 4.98 Å². The SMILES string of the molecule is CCCOc1cncc(N2CCC(Br)C(C)C2)n1. The summed E-state index contributed by atoms with van der Waals surface area (Å²) >= 11 is 3.71. The first-order chi connectivity index (χ1) is 8.70. The first-order valence-corrected chi connectivity index (χ1v) is 7.46. The van der Waals surface area contributed by atoms with Crippen LogP contribution in [0.3, 0.4) is 0 Å². The molecule has 4 nitrogen and oxygen atoms in total. The molecule has 0 aliphatic carbocycles. The molecule has 100 valence electrons. The molecule has 2 atom stereocenters. The number of piperidine rings is 1. The lowest BCUT2D eigenvalue weighted by atomic mass is 10.0. The molecule has 0 aromatic carbocycles. The maximum Gasteiger partial charge on any atom is 0.234 e. The van der Waals surface area contributed by atoms with Crippen molar-refractivity contribution in [3.05, 3.63) is 12.4 Å². The summed E-state index contributed by atoms with van der Waals surface area (Å²) in [6, 6.07) is 0. The van der Waals surface area contributed by atoms with Crippen LogP contribution in [0.2, 0.25) is 0 Å². The van der Waals surface area contributed by atoms with Crippen LogP contribution in [0.25, 0.3) is 0 Å². The summed E-state index contributed by atoms with van der Waals surface area (Å²) < 4.78 is 5.53. The Labute approximate surface area is 117 Å². The molecule has 0 saturated carbocycles. The van der Waals surface area contributed by atoms with Crippen LogP contribution in [0.1, 0.15) is 26.7 Å². The third-order valence-corrected chi connectivity index (χ3v) is 4.54. The molecule has 1 aromatic rings. The van der Waals surface area contributed by atoms with Gasteiger partial charge in [0.15, 0.2) is 5.82 Å². The molecular formula is C13H20BrN3O. The summed E-state index contributed by atoms with van der Waals surface area (Å²) in [5, 5.41) is 0. The third-order valence-electron chi connectivity index (χ3n) is 3.18. The van der Waals surface area contributed by atoms with Crippen molar-refractivity contribution in [1.82, 2.24) is 9.97 Å². The van der Waals surface area contributed by atoms with E-state index >= 15 is 0 Å². The zero-order valence-corrected chi connectivity index (χ0v) is 12.6. The second-order valence-electron chi connectivity index (χ2n) is 4.79. The average Bonchev–Trinajstić information content (AvgIpc) is 2.40. The van der Waals surface area contributed by atoms with Gasteiger partial charge in [0.25, 0.3) is 0 Å². The largest absolute Gasteiger partial charge is 0.477 e. The minimum Gasteiger partial charge on any atom is -0.477 e. The maximum atomic E-state index is 5.53. The van der Waals surface area contributed by atoms with E-state index in [1.54, 1.807) is 6.20 Å². The number of alkyl halides is 1. The van der Waals surface area contributed by atoms with Gasteiger partial charge in [-0.15, -0.1) is 0 Å². The van der Waals surface area contributed by atoms with Crippen molar-refractivity contribution in [2.75, 3.05) is 24.6 Å². The molecule has 2 heterocycles. The zero-order chi connectivity index (χ0) is 13.0. The average molecular weight is 314 g/mol. The molecule has 1 saturated heterocycles. The molecule has 5 heteroatoms. The van der Waals surface area contributed by atoms with E-state index in [2.05, 4.69) is 44.6 Å². The molecule has 1 aliphatic heterocycles. The number of hydrogen-bond donors (Lipinski definition) is 0. The highest BCUT2D eigenvalue weighted by Crippen LogP contribution is 2.26. The lowest BCUT2D eigenvalue weighted by Crippen LogP contribution is -2.40. The summed E-state index contributed by atoms with van der Waals surface area (Å²) in [7, 11) is 0. The van der Waals surface area contributed by atoms with Crippen LogP contribution in [0.4, 0.5) is 5.82 Å². The van der Waals surface area contributed by atoms with Crippen molar-refractivity contribution in [2.24, 2.45) is 5.92 Å². The van der Waals surface area contributed by atoms with Crippen LogP contribution in [0, 0.1) is 5.92 Å². The maximum absolute atomic E-state index is 5.53. The standard InChI is InChI=1S/C13H20BrN3O/c1-3-6-18-13-8-15-7-12(16-13)17-5-4-11(14)10(2)9-17/h7-8,10-11H,3-6,9H2,1-2H3. The Kier molecular flexibility index (Phi) is 4.80. The van der Waals surface area contributed by atoms with Crippen LogP contribution < -0.4 is 9.64 Å². The quantitative estimate of drug-likeness (QED) is 0.801. The van der Waals surface area contributed by atoms with Crippen LogP contribution >= 0.6 is 15.9 Å². The van der Waals surface area contributed by atoms with E-state index in [4.69, 9.17) is 4.74 Å². The predicted octanol–water partition coefficient (Wildman–Crippen LogP) is 2.88. The summed E-state index contributed by atoms with van der Waals surface area (Å²) in [6.07, 6.45) is 5.63. The Morgan fingerprint density at radius 1 is 1.50 bits per heavy atom. The van der Waals surface area contributed by atoms with E-state index in [0.29, 0.717) is 23.2 Å². The Bertz CT molecular complexity index is 388. The Hall–Kier alpha value is -0.840. The van der Waals surface area contributed by atoms with E-state index in [-0.39, 0.29) is 0 Å². The second kappa shape index (κ2) is 6.36. The summed E-state index contributed by atoms with van der Waals surface area (Å²) in [6.45, 7) is 7.07. The number of rotatable bonds is 4. The number of nitrogens with zero attached hydrogens (tertiary/aromatic N) is 3. The van der Waals surface area contributed by atoms with Crippen LogP contribution in [-0.4, -0.2) is 34.5 Å². The highest BCUT2D eigenvalue weighted by molar-refractivity contribution is 9.09. The Balaban J connectivity index is 2.04. The predicted molar refractivity (Wildman–Crippen MR) is 76.5 cm³/mol. The van der Waals surface area contributed by atoms with Crippen LogP contribution in [0.15, 0.2) is 12.4 Å². The molecule has 1 aliphatic rings. The van der Waals surface area contributed by atoms with Crippen molar-refractivity contribution >= 4 is 21.7 Å². The number of hydrogen-bond acceptors (Lipinski definition) is 4. The summed E-state index contributed by atoms with van der Waals surface area (Å²) in [5.74, 6) is 2.18. The normalized spacial score (nSPS) is 24.1. The van der Waals surface area contributed by atoms with Gasteiger partial charge in [0, 0.05) is 17.9 Å². The lowest BCUT2D eigenvalue weighted by molar-refractivity contribution is 0.303. The van der Waals surface area contributed by atoms with E-state index < -0.39 is 0 Å². The number of halogens is 1. The second-order valence-corrected chi connectivity index (χ2v) is 5.97. The molecule has 0 radical (unpaired) electrons. The molecule has 0 bridgehead atoms. The van der Waals surface area contributed by atoms with Gasteiger partial charge in [-0.3, -0.25) is 4.98 Å². The Morgan fingerprint density at radius 2 is 2.33 bits per heavy atom. The van der Waals surface area contributed by atoms with Crippen LogP contribution in [0.5, 0.6) is 5.88 Å². The fourth-order valence-electron chi connectivity index (χ4n) is 2.09. The zero-order valence-electron chi connectivity index (χ0n) is 11.0. The molecule has 2 unspecified atom stereocenters. The summed E-state index contributed by atoms with van der Waals surface area (Å²) in [4.78, 5) is 11.6. The van der Waals surface area contributed by atoms with Gasteiger partial charge in [0.2, 0.25) is 5.88 Å². The van der Waals surface area contributed by atoms with Gasteiger partial charge in [-0.05, 0) is 18.8 Å². The minimum absolute atomic E-state index is 0.612. The lowest BCUT2D eigenvalue weighted by Gasteiger charge is -2.34. The number of aromatic nitrogens is 2. The molecule has 2 rings (SSSR count). The molecular weight excluding hydrogens is 294 g/mol. The van der Waals surface area contributed by atoms with E-state index in [0.717, 1.165) is 31.7 Å². The molecule has 0 spiro atoms. The van der Waals surface area contributed by atoms with E-state index in [1.165, 1.54) is 0 Å². The van der Waals surface area contributed by atoms with Gasteiger partial charge in [-0.25, -0.2) is 0 Å². The van der Waals surface area contributed by atoms with E-state index in [9.17, 15) is 0 Å². The molecule has 18 heavy (non-hydrogen) atoms. The number of anilines is 1. The van der Waals surface area contributed by atoms with Gasteiger partial charge in [0.05, 0.1) is 19.0 Å². The fraction of sp³-hybridized carbons (Fsp3) is 0.692. The molecule has 0 N–H and O–H groups in total. The van der Waals surface area contributed by atoms with E-state index in [1.807, 2.05) is 6.20 Å². The molecule has 1 aromatic heterocycles. The smallest absolute Gasteiger partial charge is 0.234 e. The van der Waals surface area contributed by atoms with Gasteiger partial charge >= 0.3 is 0 Å². The van der Waals surface area contributed by atoms with Gasteiger partial charge < -0.3 is 9.64 Å². The third kappa shape index (κ3) is 3.34. The summed E-state index contributed by atoms with van der Waals surface area (Å²) in [5.41, 5.74) is 0. The topological polar surface area (TPSA) is 38.2 Å². The van der Waals surface area contributed by atoms with Crippen molar-refractivity contribution < 1.29 is 4.74 Å². The van der Waals surface area contributed by atoms with Crippen molar-refractivity contribution in [3.8, 4) is 5.88 Å². The Morgan fingerprint density at radius 3 is 3.06 bits per heavy atom. The van der Waals surface area contributed by atoms with Crippen molar-refractivity contribution in [3.63, 3.8) is 0 Å². The van der Waals surface area contributed by atoms with Crippen LogP contribution in [-0.2, 0) is 0 Å². The first kappa shape index (κ1) is 13.6. The molecule has 1 fully saturated rings. The van der Waals surface area contributed by atoms with Gasteiger partial charge in [-0.1, -0.05) is 29.8 Å². The minimum atomic E-state index is 0.612. The number of ether oxygens (including phenoxy) is 1. The monoisotopic (exact) mass is 313 g/mol. The highest BCUT2D eigenvalue weighted by Gasteiger charge is 2.24. The fourth-order valence-corrected chi connectivity index (χ4v) is 2.46. The molecule has 0 amide bonds. The van der Waals surface area contributed by atoms with Crippen molar-refractivity contribution in [1.29, 1.82) is 0 Å². The highest BCUT2D eigenvalue weighted by atomic mass is 79.9. The van der Waals surface area contributed by atoms with Gasteiger partial charge in [0.1, 0.15) is 0 Å².